The van der Waals surface area contributed by atoms with Crippen molar-refractivity contribution in [1.82, 2.24) is 4.90 Å². The van der Waals surface area contributed by atoms with Gasteiger partial charge >= 0.3 is 10.1 Å². The lowest BCUT2D eigenvalue weighted by atomic mass is 10.1. The van der Waals surface area contributed by atoms with Crippen LogP contribution in [0.2, 0.25) is 0 Å². The van der Waals surface area contributed by atoms with Crippen molar-refractivity contribution >= 4 is 49.9 Å². The van der Waals surface area contributed by atoms with Crippen LogP contribution in [0, 0.1) is 0 Å². The van der Waals surface area contributed by atoms with Gasteiger partial charge in [0.2, 0.25) is 0 Å². The average molecular weight is 592 g/mol. The summed E-state index contributed by atoms with van der Waals surface area (Å²) in [6.07, 6.45) is 1.54. The molecule has 1 saturated heterocycles. The van der Waals surface area contributed by atoms with Crippen molar-refractivity contribution in [2.45, 2.75) is 4.90 Å². The Hall–Kier alpha value is -4.48. The molecule has 2 amide bonds. The van der Waals surface area contributed by atoms with Gasteiger partial charge < -0.3 is 18.4 Å². The number of ether oxygens (including phenoxy) is 3. The van der Waals surface area contributed by atoms with Crippen molar-refractivity contribution in [1.29, 1.82) is 0 Å². The Kier molecular flexibility index (Phi) is 8.18. The monoisotopic (exact) mass is 591 g/mol. The first-order valence-electron chi connectivity index (χ1n) is 12.4. The van der Waals surface area contributed by atoms with Gasteiger partial charge in [0.15, 0.2) is 11.5 Å². The quantitative estimate of drug-likeness (QED) is 0.168. The SMILES string of the molecule is COc1ccc(S(=O)(=O)Oc2ccc(/C=C3\SC(=O)N(CCOc4cccc5ccccc45)C3=O)cc2OC)cc1. The van der Waals surface area contributed by atoms with E-state index >= 15 is 0 Å². The van der Waals surface area contributed by atoms with Crippen LogP contribution in [0.1, 0.15) is 5.56 Å². The minimum atomic E-state index is -4.14. The summed E-state index contributed by atoms with van der Waals surface area (Å²) in [5.41, 5.74) is 0.522. The van der Waals surface area contributed by atoms with Gasteiger partial charge in [-0.3, -0.25) is 14.5 Å². The van der Waals surface area contributed by atoms with Crippen molar-refractivity contribution in [2.24, 2.45) is 0 Å². The molecular formula is C30H25NO8S2. The normalized spacial score (nSPS) is 14.5. The fraction of sp³-hybridized carbons (Fsp3) is 0.133. The molecule has 0 aromatic heterocycles. The average Bonchev–Trinajstić information content (AvgIpc) is 3.25. The summed E-state index contributed by atoms with van der Waals surface area (Å²) in [5.74, 6) is 0.849. The number of amides is 2. The van der Waals surface area contributed by atoms with Crippen molar-refractivity contribution in [3.63, 3.8) is 0 Å². The second-order valence-electron chi connectivity index (χ2n) is 8.78. The standard InChI is InChI=1S/C30H25NO8S2/c1-36-22-11-13-23(14-12-22)41(34,35)39-26-15-10-20(18-27(26)37-2)19-28-29(32)31(30(33)40-28)16-17-38-25-9-5-7-21-6-3-4-8-24(21)25/h3-15,18-19H,16-17H2,1-2H3/b28-19-. The fourth-order valence-corrected chi connectivity index (χ4v) is 5.97. The molecule has 4 aromatic carbocycles. The van der Waals surface area contributed by atoms with Crippen LogP contribution < -0.4 is 18.4 Å². The molecule has 0 unspecified atom stereocenters. The van der Waals surface area contributed by atoms with E-state index in [1.54, 1.807) is 12.1 Å². The molecule has 0 atom stereocenters. The van der Waals surface area contributed by atoms with Gasteiger partial charge in [0.05, 0.1) is 25.7 Å². The van der Waals surface area contributed by atoms with Crippen LogP contribution in [0.4, 0.5) is 4.79 Å². The van der Waals surface area contributed by atoms with Crippen molar-refractivity contribution in [3.05, 3.63) is 95.4 Å². The van der Waals surface area contributed by atoms with Crippen molar-refractivity contribution in [2.75, 3.05) is 27.4 Å². The molecule has 0 aliphatic carbocycles. The molecule has 0 N–H and O–H groups in total. The largest absolute Gasteiger partial charge is 0.497 e. The maximum absolute atomic E-state index is 13.0. The second kappa shape index (κ2) is 11.9. The van der Waals surface area contributed by atoms with Crippen LogP contribution in [0.15, 0.2) is 94.7 Å². The third kappa shape index (κ3) is 6.16. The van der Waals surface area contributed by atoms with Crippen LogP contribution >= 0.6 is 11.8 Å². The van der Waals surface area contributed by atoms with Gasteiger partial charge in [-0.05, 0) is 71.3 Å². The zero-order valence-electron chi connectivity index (χ0n) is 22.1. The minimum Gasteiger partial charge on any atom is -0.497 e. The topological polar surface area (TPSA) is 108 Å². The first-order chi connectivity index (χ1) is 19.8. The van der Waals surface area contributed by atoms with E-state index in [0.29, 0.717) is 17.1 Å². The predicted molar refractivity (Wildman–Crippen MR) is 156 cm³/mol. The molecule has 1 aliphatic rings. The highest BCUT2D eigenvalue weighted by atomic mass is 32.2. The number of rotatable bonds is 10. The highest BCUT2D eigenvalue weighted by Gasteiger charge is 2.35. The van der Waals surface area contributed by atoms with E-state index in [1.807, 2.05) is 42.5 Å². The maximum atomic E-state index is 13.0. The molecule has 5 rings (SSSR count). The number of thioether (sulfide) groups is 1. The van der Waals surface area contributed by atoms with Gasteiger partial charge in [-0.15, -0.1) is 0 Å². The molecule has 41 heavy (non-hydrogen) atoms. The van der Waals surface area contributed by atoms with E-state index in [4.69, 9.17) is 18.4 Å². The molecule has 0 saturated carbocycles. The predicted octanol–water partition coefficient (Wildman–Crippen LogP) is 5.74. The molecule has 1 fully saturated rings. The van der Waals surface area contributed by atoms with E-state index in [2.05, 4.69) is 0 Å². The van der Waals surface area contributed by atoms with Gasteiger partial charge in [-0.25, -0.2) is 0 Å². The first-order valence-corrected chi connectivity index (χ1v) is 14.6. The number of hydrogen-bond donors (Lipinski definition) is 0. The van der Waals surface area contributed by atoms with E-state index in [1.165, 1.54) is 50.6 Å². The second-order valence-corrected chi connectivity index (χ2v) is 11.3. The molecule has 1 aliphatic heterocycles. The zero-order valence-corrected chi connectivity index (χ0v) is 23.7. The lowest BCUT2D eigenvalue weighted by Gasteiger charge is -2.14. The number of benzene rings is 4. The third-order valence-electron chi connectivity index (χ3n) is 6.23. The molecule has 210 valence electrons. The Bertz CT molecular complexity index is 1750. The summed E-state index contributed by atoms with van der Waals surface area (Å²) in [4.78, 5) is 26.9. The number of carbonyl (C=O) groups excluding carboxylic acids is 2. The summed E-state index contributed by atoms with van der Waals surface area (Å²) < 4.78 is 47.1. The van der Waals surface area contributed by atoms with Crippen LogP contribution in [0.5, 0.6) is 23.0 Å². The summed E-state index contributed by atoms with van der Waals surface area (Å²) in [7, 11) is -1.29. The lowest BCUT2D eigenvalue weighted by molar-refractivity contribution is -0.123. The molecule has 4 aromatic rings. The fourth-order valence-electron chi connectivity index (χ4n) is 4.16. The number of fused-ring (bicyclic) bond motifs is 1. The van der Waals surface area contributed by atoms with Gasteiger partial charge in [0.1, 0.15) is 23.0 Å². The van der Waals surface area contributed by atoms with Crippen LogP contribution in [0.25, 0.3) is 16.8 Å². The van der Waals surface area contributed by atoms with Crippen molar-refractivity contribution < 1.29 is 36.4 Å². The maximum Gasteiger partial charge on any atom is 0.339 e. The Morgan fingerprint density at radius 2 is 1.59 bits per heavy atom. The summed E-state index contributed by atoms with van der Waals surface area (Å²) in [6, 6.07) is 23.8. The van der Waals surface area contributed by atoms with Crippen LogP contribution in [0.3, 0.4) is 0 Å². The van der Waals surface area contributed by atoms with Gasteiger partial charge in [-0.1, -0.05) is 42.5 Å². The van der Waals surface area contributed by atoms with E-state index in [0.717, 1.165) is 27.4 Å². The molecule has 11 heteroatoms. The van der Waals surface area contributed by atoms with E-state index < -0.39 is 21.3 Å². The number of imide groups is 1. The number of methoxy groups -OCH3 is 2. The Balaban J connectivity index is 1.27. The summed E-state index contributed by atoms with van der Waals surface area (Å²) >= 11 is 0.818. The highest BCUT2D eigenvalue weighted by Crippen LogP contribution is 2.35. The number of hydrogen-bond acceptors (Lipinski definition) is 9. The smallest absolute Gasteiger partial charge is 0.339 e. The molecular weight excluding hydrogens is 566 g/mol. The molecule has 0 spiro atoms. The van der Waals surface area contributed by atoms with Crippen LogP contribution in [-0.2, 0) is 14.9 Å². The third-order valence-corrected chi connectivity index (χ3v) is 8.38. The number of nitrogens with zero attached hydrogens (tertiary/aromatic N) is 1. The summed E-state index contributed by atoms with van der Waals surface area (Å²) in [6.45, 7) is 0.229. The highest BCUT2D eigenvalue weighted by molar-refractivity contribution is 8.18. The zero-order chi connectivity index (χ0) is 29.0. The molecule has 0 radical (unpaired) electrons. The first kappa shape index (κ1) is 28.1. The molecule has 9 nitrogen and oxygen atoms in total. The van der Waals surface area contributed by atoms with Crippen LogP contribution in [-0.4, -0.2) is 51.8 Å². The van der Waals surface area contributed by atoms with E-state index in [-0.39, 0.29) is 34.5 Å². The Morgan fingerprint density at radius 3 is 2.34 bits per heavy atom. The molecule has 1 heterocycles. The van der Waals surface area contributed by atoms with Gasteiger partial charge in [0.25, 0.3) is 11.1 Å². The minimum absolute atomic E-state index is 0.0286. The van der Waals surface area contributed by atoms with E-state index in [9.17, 15) is 18.0 Å². The number of carbonyl (C=O) groups is 2. The Labute approximate surface area is 241 Å². The van der Waals surface area contributed by atoms with Crippen molar-refractivity contribution in [3.8, 4) is 23.0 Å². The van der Waals surface area contributed by atoms with Gasteiger partial charge in [0, 0.05) is 5.39 Å². The Morgan fingerprint density at radius 1 is 0.829 bits per heavy atom. The van der Waals surface area contributed by atoms with Gasteiger partial charge in [-0.2, -0.15) is 8.42 Å². The molecule has 0 bridgehead atoms. The summed E-state index contributed by atoms with van der Waals surface area (Å²) in [5, 5.41) is 1.58. The lowest BCUT2D eigenvalue weighted by Crippen LogP contribution is -2.32.